The van der Waals surface area contributed by atoms with Crippen molar-refractivity contribution in [2.75, 3.05) is 0 Å². The van der Waals surface area contributed by atoms with Gasteiger partial charge in [0.05, 0.1) is 0 Å². The van der Waals surface area contributed by atoms with Crippen LogP contribution in [0.5, 0.6) is 0 Å². The third-order valence-corrected chi connectivity index (χ3v) is 2.41. The number of esters is 6. The quantitative estimate of drug-likeness (QED) is 0.203. The second-order valence-electron chi connectivity index (χ2n) is 5.40. The van der Waals surface area contributed by atoms with Gasteiger partial charge in [-0.15, -0.1) is 12.8 Å². The molecule has 0 bridgehead atoms. The highest BCUT2D eigenvalue weighted by molar-refractivity contribution is 6.00. The lowest BCUT2D eigenvalue weighted by molar-refractivity contribution is -0.160. The van der Waals surface area contributed by atoms with Gasteiger partial charge in [-0.25, -0.2) is 9.59 Å². The molecule has 0 aliphatic carbocycles. The van der Waals surface area contributed by atoms with Crippen LogP contribution in [0.15, 0.2) is 24.3 Å². The fraction of sp³-hybridized carbons (Fsp3) is 0.364. The lowest BCUT2D eigenvalue weighted by Gasteiger charge is -1.99. The molecule has 0 fully saturated rings. The number of carbonyl (C=O) groups excluding carboxylic acids is 6. The Hall–Kier alpha value is -3.98. The van der Waals surface area contributed by atoms with E-state index in [2.05, 4.69) is 27.4 Å². The van der Waals surface area contributed by atoms with E-state index in [0.717, 1.165) is 0 Å². The highest BCUT2D eigenvalue weighted by Gasteiger charge is 2.10. The zero-order valence-corrected chi connectivity index (χ0v) is 18.1. The first-order valence-electron chi connectivity index (χ1n) is 8.77. The molecule has 0 unspecified atom stereocenters. The summed E-state index contributed by atoms with van der Waals surface area (Å²) in [5.74, 6) is 0.254. The molecular formula is C22H26O9. The van der Waals surface area contributed by atoms with Gasteiger partial charge >= 0.3 is 35.8 Å². The number of hydrogen-bond donors (Lipinski definition) is 0. The van der Waals surface area contributed by atoms with Crippen LogP contribution >= 0.6 is 0 Å². The van der Waals surface area contributed by atoms with Crippen LogP contribution in [-0.4, -0.2) is 35.8 Å². The third-order valence-electron chi connectivity index (χ3n) is 2.41. The fourth-order valence-electron chi connectivity index (χ4n) is 0.896. The molecule has 31 heavy (non-hydrogen) atoms. The average Bonchev–Trinajstić information content (AvgIpc) is 2.68. The Morgan fingerprint density at radius 2 is 0.935 bits per heavy atom. The van der Waals surface area contributed by atoms with Gasteiger partial charge in [0.2, 0.25) is 0 Å². The maximum atomic E-state index is 10.7. The van der Waals surface area contributed by atoms with E-state index >= 15 is 0 Å². The Labute approximate surface area is 181 Å². The molecule has 0 spiro atoms. The van der Waals surface area contributed by atoms with Crippen molar-refractivity contribution >= 4 is 35.8 Å². The van der Waals surface area contributed by atoms with Crippen molar-refractivity contribution in [2.45, 2.75) is 53.4 Å². The van der Waals surface area contributed by atoms with E-state index in [-0.39, 0.29) is 36.8 Å². The van der Waals surface area contributed by atoms with Crippen molar-refractivity contribution in [3.63, 3.8) is 0 Å². The second kappa shape index (κ2) is 19.3. The van der Waals surface area contributed by atoms with Gasteiger partial charge in [0, 0.05) is 24.0 Å². The largest absolute Gasteiger partial charge is 0.393 e. The maximum Gasteiger partial charge on any atom is 0.340 e. The number of ether oxygens (including phenoxy) is 3. The van der Waals surface area contributed by atoms with E-state index < -0.39 is 35.8 Å². The zero-order valence-electron chi connectivity index (χ0n) is 18.1. The van der Waals surface area contributed by atoms with Gasteiger partial charge in [0.25, 0.3) is 0 Å². The minimum absolute atomic E-state index is 0.194. The van der Waals surface area contributed by atoms with Gasteiger partial charge < -0.3 is 14.2 Å². The second-order valence-corrected chi connectivity index (χ2v) is 5.40. The van der Waals surface area contributed by atoms with Crippen molar-refractivity contribution in [2.24, 2.45) is 0 Å². The molecule has 9 heteroatoms. The molecule has 168 valence electrons. The standard InChI is InChI=1S/C8H10O3.C8H6O3.C6H10O3/c1-5(2)7(9)11-8(10)6(3)4;1-3-5-7(9)11-8(10)6-4-2;1-3-5(7)9-6(8)4-2/h1,3H2,2,4H3;1-2H,5-6H2;3-4H2,1-2H3. The molecule has 0 aromatic rings. The monoisotopic (exact) mass is 434 g/mol. The van der Waals surface area contributed by atoms with E-state index in [1.54, 1.807) is 13.8 Å². The predicted octanol–water partition coefficient (Wildman–Crippen LogP) is 2.19. The Morgan fingerprint density at radius 1 is 0.645 bits per heavy atom. The van der Waals surface area contributed by atoms with Crippen LogP contribution in [0.1, 0.15) is 53.4 Å². The SMILES string of the molecule is C#CCC(=O)OC(=O)CC#C.C=C(C)C(=O)OC(=O)C(=C)C.CCC(=O)OC(=O)CC. The van der Waals surface area contributed by atoms with Crippen LogP contribution in [-0.2, 0) is 43.0 Å². The first-order valence-corrected chi connectivity index (χ1v) is 8.77. The molecule has 9 nitrogen and oxygen atoms in total. The summed E-state index contributed by atoms with van der Waals surface area (Å²) < 4.78 is 12.7. The molecule has 0 N–H and O–H groups in total. The average molecular weight is 434 g/mol. The summed E-state index contributed by atoms with van der Waals surface area (Å²) in [5, 5.41) is 0. The fourth-order valence-corrected chi connectivity index (χ4v) is 0.896. The Morgan fingerprint density at radius 3 is 1.16 bits per heavy atom. The van der Waals surface area contributed by atoms with Crippen molar-refractivity contribution < 1.29 is 43.0 Å². The molecule has 0 rings (SSSR count). The number of terminal acetylenes is 2. The van der Waals surface area contributed by atoms with Gasteiger partial charge in [-0.05, 0) is 13.8 Å². The zero-order chi connectivity index (χ0) is 25.0. The van der Waals surface area contributed by atoms with Crippen LogP contribution in [0.4, 0.5) is 0 Å². The molecule has 0 radical (unpaired) electrons. The predicted molar refractivity (Wildman–Crippen MR) is 110 cm³/mol. The molecule has 0 saturated carbocycles. The topological polar surface area (TPSA) is 130 Å². The molecule has 0 aliphatic heterocycles. The smallest absolute Gasteiger partial charge is 0.340 e. The van der Waals surface area contributed by atoms with E-state index in [1.807, 2.05) is 11.8 Å². The summed E-state index contributed by atoms with van der Waals surface area (Å²) in [6.07, 6.45) is 9.64. The van der Waals surface area contributed by atoms with Crippen LogP contribution < -0.4 is 0 Å². The summed E-state index contributed by atoms with van der Waals surface area (Å²) in [6, 6.07) is 0. The van der Waals surface area contributed by atoms with Gasteiger partial charge in [-0.2, -0.15) is 0 Å². The summed E-state index contributed by atoms with van der Waals surface area (Å²) in [5.41, 5.74) is 0.388. The van der Waals surface area contributed by atoms with Gasteiger partial charge in [0.15, 0.2) is 0 Å². The first kappa shape index (κ1) is 31.7. The molecule has 0 heterocycles. The van der Waals surface area contributed by atoms with E-state index in [0.29, 0.717) is 0 Å². The molecule has 0 aromatic carbocycles. The minimum atomic E-state index is -0.743. The highest BCUT2D eigenvalue weighted by Crippen LogP contribution is 1.97. The van der Waals surface area contributed by atoms with Gasteiger partial charge in [-0.3, -0.25) is 19.2 Å². The molecule has 0 aliphatic rings. The van der Waals surface area contributed by atoms with Gasteiger partial charge in [-0.1, -0.05) is 38.8 Å². The Kier molecular flexibility index (Phi) is 19.8. The van der Waals surface area contributed by atoms with Crippen LogP contribution in [0.25, 0.3) is 0 Å². The first-order chi connectivity index (χ1) is 14.4. The lowest BCUT2D eigenvalue weighted by atomic mass is 10.3. The van der Waals surface area contributed by atoms with Crippen molar-refractivity contribution in [1.29, 1.82) is 0 Å². The van der Waals surface area contributed by atoms with Crippen LogP contribution in [0.2, 0.25) is 0 Å². The van der Waals surface area contributed by atoms with E-state index in [4.69, 9.17) is 12.8 Å². The van der Waals surface area contributed by atoms with Crippen LogP contribution in [0.3, 0.4) is 0 Å². The lowest BCUT2D eigenvalue weighted by Crippen LogP contribution is -2.12. The van der Waals surface area contributed by atoms with Crippen molar-refractivity contribution in [1.82, 2.24) is 0 Å². The summed E-state index contributed by atoms with van der Waals surface area (Å²) >= 11 is 0. The molecule has 0 amide bonds. The summed E-state index contributed by atoms with van der Waals surface area (Å²) in [6.45, 7) is 12.8. The number of carbonyl (C=O) groups is 6. The Bertz CT molecular complexity index is 725. The van der Waals surface area contributed by atoms with Gasteiger partial charge in [0.1, 0.15) is 12.8 Å². The highest BCUT2D eigenvalue weighted by atomic mass is 16.6. The number of rotatable bonds is 6. The third kappa shape index (κ3) is 22.2. The molecule has 0 saturated heterocycles. The molecule has 0 aromatic heterocycles. The maximum absolute atomic E-state index is 10.7. The summed E-state index contributed by atoms with van der Waals surface area (Å²) in [7, 11) is 0. The Balaban J connectivity index is -0.000000382. The van der Waals surface area contributed by atoms with Crippen molar-refractivity contribution in [3.8, 4) is 24.7 Å². The van der Waals surface area contributed by atoms with Crippen LogP contribution in [0, 0.1) is 24.7 Å². The molecule has 0 atom stereocenters. The normalized spacial score (nSPS) is 8.19. The van der Waals surface area contributed by atoms with E-state index in [1.165, 1.54) is 13.8 Å². The van der Waals surface area contributed by atoms with E-state index in [9.17, 15) is 28.8 Å². The number of hydrogen-bond acceptors (Lipinski definition) is 9. The summed E-state index contributed by atoms with van der Waals surface area (Å²) in [4.78, 5) is 63.0. The molecular weight excluding hydrogens is 408 g/mol. The van der Waals surface area contributed by atoms with Crippen molar-refractivity contribution in [3.05, 3.63) is 24.3 Å². The minimum Gasteiger partial charge on any atom is -0.393 e.